The van der Waals surface area contributed by atoms with Gasteiger partial charge in [0.15, 0.2) is 0 Å². The SMILES string of the molecule is CC1CCN(c2ccc(CNc3ccc(F)cc3C#N)cn2)CC1. The van der Waals surface area contributed by atoms with Crippen LogP contribution in [0.3, 0.4) is 0 Å². The summed E-state index contributed by atoms with van der Waals surface area (Å²) in [6, 6.07) is 10.3. The maximum absolute atomic E-state index is 13.1. The lowest BCUT2D eigenvalue weighted by atomic mass is 9.99. The van der Waals surface area contributed by atoms with Gasteiger partial charge in [-0.1, -0.05) is 13.0 Å². The molecule has 0 aliphatic carbocycles. The molecule has 1 fully saturated rings. The first kappa shape index (κ1) is 16.3. The van der Waals surface area contributed by atoms with Crippen molar-refractivity contribution < 1.29 is 4.39 Å². The Labute approximate surface area is 141 Å². The van der Waals surface area contributed by atoms with E-state index in [1.807, 2.05) is 24.4 Å². The van der Waals surface area contributed by atoms with Crippen LogP contribution in [0.2, 0.25) is 0 Å². The van der Waals surface area contributed by atoms with Crippen molar-refractivity contribution in [3.05, 3.63) is 53.5 Å². The second-order valence-corrected chi connectivity index (χ2v) is 6.35. The van der Waals surface area contributed by atoms with Gasteiger partial charge in [-0.2, -0.15) is 5.26 Å². The number of anilines is 2. The van der Waals surface area contributed by atoms with Gasteiger partial charge in [0.1, 0.15) is 17.7 Å². The molecule has 0 spiro atoms. The Morgan fingerprint density at radius 1 is 1.29 bits per heavy atom. The van der Waals surface area contributed by atoms with Gasteiger partial charge in [-0.3, -0.25) is 0 Å². The first-order chi connectivity index (χ1) is 11.7. The summed E-state index contributed by atoms with van der Waals surface area (Å²) in [5.41, 5.74) is 1.97. The topological polar surface area (TPSA) is 52.0 Å². The van der Waals surface area contributed by atoms with Gasteiger partial charge in [0.2, 0.25) is 0 Å². The van der Waals surface area contributed by atoms with E-state index in [1.54, 1.807) is 6.07 Å². The number of pyridine rings is 1. The van der Waals surface area contributed by atoms with Gasteiger partial charge >= 0.3 is 0 Å². The molecule has 0 saturated carbocycles. The van der Waals surface area contributed by atoms with Crippen LogP contribution in [0.5, 0.6) is 0 Å². The molecule has 2 aromatic rings. The molecule has 1 aliphatic rings. The normalized spacial score (nSPS) is 15.1. The summed E-state index contributed by atoms with van der Waals surface area (Å²) in [5.74, 6) is 1.42. The standard InChI is InChI=1S/C19H21FN4/c1-14-6-8-24(9-7-14)19-5-2-15(13-23-19)12-22-18-4-3-17(20)10-16(18)11-21/h2-5,10,13-14,22H,6-9,12H2,1H3. The molecule has 1 aromatic heterocycles. The largest absolute Gasteiger partial charge is 0.380 e. The Balaban J connectivity index is 1.62. The molecule has 2 heterocycles. The van der Waals surface area contributed by atoms with E-state index in [1.165, 1.54) is 25.0 Å². The molecule has 1 aromatic carbocycles. The van der Waals surface area contributed by atoms with Crippen LogP contribution >= 0.6 is 0 Å². The zero-order chi connectivity index (χ0) is 16.9. The molecule has 0 bridgehead atoms. The number of piperidine rings is 1. The zero-order valence-electron chi connectivity index (χ0n) is 13.8. The molecule has 1 aliphatic heterocycles. The van der Waals surface area contributed by atoms with Crippen LogP contribution in [0.4, 0.5) is 15.9 Å². The number of rotatable bonds is 4. The number of hydrogen-bond donors (Lipinski definition) is 1. The molecule has 0 amide bonds. The van der Waals surface area contributed by atoms with Crippen molar-refractivity contribution in [3.63, 3.8) is 0 Å². The van der Waals surface area contributed by atoms with Crippen LogP contribution in [0.25, 0.3) is 0 Å². The minimum atomic E-state index is -0.404. The smallest absolute Gasteiger partial charge is 0.128 e. The predicted molar refractivity (Wildman–Crippen MR) is 93.3 cm³/mol. The fraction of sp³-hybridized carbons (Fsp3) is 0.368. The molecule has 4 nitrogen and oxygen atoms in total. The summed E-state index contributed by atoms with van der Waals surface area (Å²) in [6.07, 6.45) is 4.29. The van der Waals surface area contributed by atoms with E-state index in [-0.39, 0.29) is 0 Å². The van der Waals surface area contributed by atoms with Gasteiger partial charge in [0, 0.05) is 25.8 Å². The first-order valence-electron chi connectivity index (χ1n) is 8.29. The highest BCUT2D eigenvalue weighted by molar-refractivity contribution is 5.57. The van der Waals surface area contributed by atoms with Crippen molar-refractivity contribution in [2.75, 3.05) is 23.3 Å². The Bertz CT molecular complexity index is 728. The van der Waals surface area contributed by atoms with Gasteiger partial charge in [-0.05, 0) is 48.6 Å². The Kier molecular flexibility index (Phi) is 4.95. The highest BCUT2D eigenvalue weighted by Gasteiger charge is 2.16. The highest BCUT2D eigenvalue weighted by Crippen LogP contribution is 2.22. The van der Waals surface area contributed by atoms with Crippen LogP contribution in [-0.4, -0.2) is 18.1 Å². The van der Waals surface area contributed by atoms with Crippen molar-refractivity contribution in [2.45, 2.75) is 26.3 Å². The van der Waals surface area contributed by atoms with Gasteiger partial charge < -0.3 is 10.2 Å². The minimum Gasteiger partial charge on any atom is -0.380 e. The lowest BCUT2D eigenvalue weighted by molar-refractivity contribution is 0.436. The van der Waals surface area contributed by atoms with E-state index < -0.39 is 5.82 Å². The Morgan fingerprint density at radius 2 is 2.08 bits per heavy atom. The van der Waals surface area contributed by atoms with Crippen LogP contribution in [0, 0.1) is 23.1 Å². The van der Waals surface area contributed by atoms with Crippen LogP contribution in [0.15, 0.2) is 36.5 Å². The summed E-state index contributed by atoms with van der Waals surface area (Å²) in [4.78, 5) is 6.88. The summed E-state index contributed by atoms with van der Waals surface area (Å²) in [5, 5.41) is 12.2. The molecule has 0 atom stereocenters. The number of aromatic nitrogens is 1. The first-order valence-corrected chi connectivity index (χ1v) is 8.29. The second-order valence-electron chi connectivity index (χ2n) is 6.35. The zero-order valence-corrected chi connectivity index (χ0v) is 13.8. The molecule has 0 radical (unpaired) electrons. The molecule has 0 unspecified atom stereocenters. The van der Waals surface area contributed by atoms with E-state index >= 15 is 0 Å². The fourth-order valence-corrected chi connectivity index (χ4v) is 2.91. The number of nitriles is 1. The van der Waals surface area contributed by atoms with Crippen molar-refractivity contribution in [1.29, 1.82) is 5.26 Å². The molecule has 3 rings (SSSR count). The van der Waals surface area contributed by atoms with Crippen molar-refractivity contribution in [3.8, 4) is 6.07 Å². The lowest BCUT2D eigenvalue weighted by Gasteiger charge is -2.31. The average molecular weight is 324 g/mol. The lowest BCUT2D eigenvalue weighted by Crippen LogP contribution is -2.33. The van der Waals surface area contributed by atoms with Crippen molar-refractivity contribution >= 4 is 11.5 Å². The third kappa shape index (κ3) is 3.83. The van der Waals surface area contributed by atoms with Gasteiger partial charge in [-0.25, -0.2) is 9.37 Å². The summed E-state index contributed by atoms with van der Waals surface area (Å²) in [6.45, 7) is 4.97. The average Bonchev–Trinajstić information content (AvgIpc) is 2.62. The quantitative estimate of drug-likeness (QED) is 0.925. The Hall–Kier alpha value is -2.61. The van der Waals surface area contributed by atoms with Gasteiger partial charge in [0.05, 0.1) is 11.3 Å². The molecule has 124 valence electrons. The van der Waals surface area contributed by atoms with Crippen molar-refractivity contribution in [1.82, 2.24) is 4.98 Å². The van der Waals surface area contributed by atoms with E-state index in [4.69, 9.17) is 5.26 Å². The maximum Gasteiger partial charge on any atom is 0.128 e. The van der Waals surface area contributed by atoms with E-state index in [0.717, 1.165) is 30.4 Å². The monoisotopic (exact) mass is 324 g/mol. The number of benzene rings is 1. The number of nitrogens with zero attached hydrogens (tertiary/aromatic N) is 3. The van der Waals surface area contributed by atoms with Gasteiger partial charge in [-0.15, -0.1) is 0 Å². The second kappa shape index (κ2) is 7.31. The number of hydrogen-bond acceptors (Lipinski definition) is 4. The third-order valence-corrected chi connectivity index (χ3v) is 4.50. The van der Waals surface area contributed by atoms with E-state index in [2.05, 4.69) is 22.1 Å². The fourth-order valence-electron chi connectivity index (χ4n) is 2.91. The van der Waals surface area contributed by atoms with Crippen LogP contribution in [0.1, 0.15) is 30.9 Å². The number of halogens is 1. The highest BCUT2D eigenvalue weighted by atomic mass is 19.1. The molecule has 1 saturated heterocycles. The van der Waals surface area contributed by atoms with Gasteiger partial charge in [0.25, 0.3) is 0 Å². The third-order valence-electron chi connectivity index (χ3n) is 4.50. The molecular formula is C19H21FN4. The summed E-state index contributed by atoms with van der Waals surface area (Å²) < 4.78 is 13.1. The maximum atomic E-state index is 13.1. The molecule has 24 heavy (non-hydrogen) atoms. The minimum absolute atomic E-state index is 0.307. The molecule has 1 N–H and O–H groups in total. The number of nitrogens with one attached hydrogen (secondary N) is 1. The van der Waals surface area contributed by atoms with Crippen molar-refractivity contribution in [2.24, 2.45) is 5.92 Å². The summed E-state index contributed by atoms with van der Waals surface area (Å²) in [7, 11) is 0. The predicted octanol–water partition coefficient (Wildman–Crippen LogP) is 3.94. The van der Waals surface area contributed by atoms with E-state index in [0.29, 0.717) is 17.8 Å². The Morgan fingerprint density at radius 3 is 2.75 bits per heavy atom. The van der Waals surface area contributed by atoms with Crippen LogP contribution in [-0.2, 0) is 6.54 Å². The molecular weight excluding hydrogens is 303 g/mol. The molecule has 5 heteroatoms. The van der Waals surface area contributed by atoms with Crippen LogP contribution < -0.4 is 10.2 Å². The van der Waals surface area contributed by atoms with E-state index in [9.17, 15) is 4.39 Å². The summed E-state index contributed by atoms with van der Waals surface area (Å²) >= 11 is 0.